The van der Waals surface area contributed by atoms with Gasteiger partial charge in [-0.15, -0.1) is 0 Å². The Labute approximate surface area is 243 Å². The molecule has 0 spiro atoms. The van der Waals surface area contributed by atoms with Crippen LogP contribution in [0.2, 0.25) is 5.02 Å². The van der Waals surface area contributed by atoms with Crippen LogP contribution in [0.3, 0.4) is 0 Å². The zero-order valence-corrected chi connectivity index (χ0v) is 24.7. The van der Waals surface area contributed by atoms with E-state index in [4.69, 9.17) is 21.6 Å². The van der Waals surface area contributed by atoms with Crippen molar-refractivity contribution in [1.82, 2.24) is 19.8 Å². The van der Waals surface area contributed by atoms with Crippen molar-refractivity contribution in [3.8, 4) is 16.9 Å². The quantitative estimate of drug-likeness (QED) is 0.360. The van der Waals surface area contributed by atoms with Crippen molar-refractivity contribution < 1.29 is 14.3 Å². The van der Waals surface area contributed by atoms with Crippen molar-refractivity contribution in [2.75, 3.05) is 50.1 Å². The maximum Gasteiger partial charge on any atom is 0.228 e. The molecule has 0 bridgehead atoms. The molecule has 4 aromatic rings. The number of anilines is 2. The molecule has 214 valence electrons. The maximum absolute atomic E-state index is 16.8. The Balaban J connectivity index is 1.55. The van der Waals surface area contributed by atoms with Crippen LogP contribution >= 0.6 is 11.6 Å². The number of rotatable bonds is 4. The zero-order chi connectivity index (χ0) is 29.2. The summed E-state index contributed by atoms with van der Waals surface area (Å²) in [4.78, 5) is 30.2. The highest BCUT2D eigenvalue weighted by atomic mass is 35.5. The first-order valence-electron chi connectivity index (χ1n) is 13.9. The number of hydrogen-bond acceptors (Lipinski definition) is 7. The third-order valence-electron chi connectivity index (χ3n) is 8.50. The van der Waals surface area contributed by atoms with Crippen LogP contribution in [0.25, 0.3) is 32.8 Å². The molecule has 0 unspecified atom stereocenters. The number of nitrogens with zero attached hydrogens (tertiary/aromatic N) is 6. The minimum Gasteiger partial charge on any atom is -0.508 e. The van der Waals surface area contributed by atoms with E-state index in [1.165, 1.54) is 0 Å². The van der Waals surface area contributed by atoms with Gasteiger partial charge in [-0.25, -0.2) is 9.37 Å². The molecule has 0 aliphatic carbocycles. The number of aromatic nitrogens is 2. The fraction of sp³-hybridized carbons (Fsp3) is 0.387. The first kappa shape index (κ1) is 27.5. The number of carbonyl (C=O) groups is 1. The summed E-state index contributed by atoms with van der Waals surface area (Å²) >= 11 is 6.87. The standard InChI is InChI=1S/C31H34ClFN6O2/c1-17-14-39(18(2)13-38(17)19(3)40)30-25-12-26(32)27(24-11-22(41)10-20-8-6-7-9-23(20)24)28(33)29(25)34-31(35-30)37-15-21(16-37)36(4)5/h6-12,17-18,21,41H,13-16H2,1-5H3/t17-,18+/m1/s1. The number of phenolic OH excluding ortho intramolecular Hbond substituents is 1. The average molecular weight is 577 g/mol. The molecule has 1 N–H and O–H groups in total. The highest BCUT2D eigenvalue weighted by Crippen LogP contribution is 2.43. The van der Waals surface area contributed by atoms with Gasteiger partial charge in [-0.1, -0.05) is 35.9 Å². The molecule has 2 fully saturated rings. The number of fused-ring (bicyclic) bond motifs is 2. The second kappa shape index (κ2) is 10.3. The van der Waals surface area contributed by atoms with Gasteiger partial charge in [0.2, 0.25) is 11.9 Å². The van der Waals surface area contributed by atoms with Crippen LogP contribution < -0.4 is 9.80 Å². The van der Waals surface area contributed by atoms with Crippen molar-refractivity contribution >= 4 is 50.9 Å². The Morgan fingerprint density at radius 3 is 2.46 bits per heavy atom. The molecule has 0 radical (unpaired) electrons. The van der Waals surface area contributed by atoms with Gasteiger partial charge in [0.15, 0.2) is 5.82 Å². The van der Waals surface area contributed by atoms with Gasteiger partial charge >= 0.3 is 0 Å². The predicted molar refractivity (Wildman–Crippen MR) is 162 cm³/mol. The van der Waals surface area contributed by atoms with Crippen molar-refractivity contribution in [3.05, 3.63) is 53.3 Å². The second-order valence-electron chi connectivity index (χ2n) is 11.5. The number of piperazine rings is 1. The Morgan fingerprint density at radius 1 is 1.02 bits per heavy atom. The second-order valence-corrected chi connectivity index (χ2v) is 12.0. The number of aromatic hydroxyl groups is 1. The van der Waals surface area contributed by atoms with Crippen LogP contribution in [-0.4, -0.2) is 89.2 Å². The van der Waals surface area contributed by atoms with E-state index < -0.39 is 5.82 Å². The third-order valence-corrected chi connectivity index (χ3v) is 8.80. The van der Waals surface area contributed by atoms with Crippen LogP contribution in [0.4, 0.5) is 16.2 Å². The molecule has 1 amide bonds. The largest absolute Gasteiger partial charge is 0.508 e. The Kier molecular flexibility index (Phi) is 6.90. The molecule has 2 aliphatic rings. The Morgan fingerprint density at radius 2 is 1.76 bits per heavy atom. The van der Waals surface area contributed by atoms with E-state index >= 15 is 4.39 Å². The normalized spacial score (nSPS) is 19.9. The molecule has 2 atom stereocenters. The molecule has 8 nitrogen and oxygen atoms in total. The average Bonchev–Trinajstić information content (AvgIpc) is 2.88. The number of phenols is 1. The lowest BCUT2D eigenvalue weighted by atomic mass is 9.96. The number of likely N-dealkylation sites (N-methyl/N-ethyl adjacent to an activating group) is 1. The van der Waals surface area contributed by atoms with Crippen molar-refractivity contribution in [2.24, 2.45) is 0 Å². The Bertz CT molecular complexity index is 1670. The van der Waals surface area contributed by atoms with E-state index in [-0.39, 0.29) is 39.8 Å². The topological polar surface area (TPSA) is 76.0 Å². The molecule has 2 aliphatic heterocycles. The highest BCUT2D eigenvalue weighted by molar-refractivity contribution is 6.35. The molecule has 1 aromatic heterocycles. The van der Waals surface area contributed by atoms with Gasteiger partial charge in [-0.3, -0.25) is 4.79 Å². The van der Waals surface area contributed by atoms with E-state index in [1.54, 1.807) is 25.1 Å². The highest BCUT2D eigenvalue weighted by Gasteiger charge is 2.35. The summed E-state index contributed by atoms with van der Waals surface area (Å²) in [5, 5.41) is 12.8. The van der Waals surface area contributed by atoms with Gasteiger partial charge in [0.25, 0.3) is 0 Å². The molecule has 2 saturated heterocycles. The van der Waals surface area contributed by atoms with Crippen molar-refractivity contribution in [3.63, 3.8) is 0 Å². The van der Waals surface area contributed by atoms with E-state index in [0.717, 1.165) is 23.9 Å². The molecule has 0 saturated carbocycles. The Hall–Kier alpha value is -3.69. The van der Waals surface area contributed by atoms with Gasteiger partial charge in [0.1, 0.15) is 17.1 Å². The molecular formula is C31H34ClFN6O2. The van der Waals surface area contributed by atoms with Crippen molar-refractivity contribution in [1.29, 1.82) is 0 Å². The van der Waals surface area contributed by atoms with Gasteiger partial charge in [0, 0.05) is 62.2 Å². The summed E-state index contributed by atoms with van der Waals surface area (Å²) < 4.78 is 16.8. The molecular weight excluding hydrogens is 543 g/mol. The summed E-state index contributed by atoms with van der Waals surface area (Å²) in [5.41, 5.74) is 0.874. The monoisotopic (exact) mass is 576 g/mol. The van der Waals surface area contributed by atoms with E-state index in [0.29, 0.717) is 41.8 Å². The zero-order valence-electron chi connectivity index (χ0n) is 23.9. The molecule has 6 rings (SSSR count). The van der Waals surface area contributed by atoms with Crippen LogP contribution in [0.1, 0.15) is 20.8 Å². The third kappa shape index (κ3) is 4.71. The SMILES string of the molecule is CC(=O)N1C[C@H](C)N(c2nc(N3CC(N(C)C)C3)nc3c(F)c(-c4cc(O)cc5ccccc45)c(Cl)cc23)C[C@H]1C. The number of halogens is 2. The summed E-state index contributed by atoms with van der Waals surface area (Å²) in [6, 6.07) is 12.7. The first-order chi connectivity index (χ1) is 19.5. The smallest absolute Gasteiger partial charge is 0.228 e. The number of amides is 1. The summed E-state index contributed by atoms with van der Waals surface area (Å²) in [6.07, 6.45) is 0. The van der Waals surface area contributed by atoms with Crippen LogP contribution in [0.15, 0.2) is 42.5 Å². The van der Waals surface area contributed by atoms with Gasteiger partial charge in [-0.2, -0.15) is 4.98 Å². The van der Waals surface area contributed by atoms with E-state index in [1.807, 2.05) is 57.1 Å². The molecule has 10 heteroatoms. The van der Waals surface area contributed by atoms with Gasteiger partial charge in [-0.05, 0) is 62.5 Å². The lowest BCUT2D eigenvalue weighted by Gasteiger charge is -2.45. The fourth-order valence-corrected chi connectivity index (χ4v) is 6.38. The van der Waals surface area contributed by atoms with Crippen LogP contribution in [0.5, 0.6) is 5.75 Å². The van der Waals surface area contributed by atoms with Gasteiger partial charge < -0.3 is 24.7 Å². The van der Waals surface area contributed by atoms with Crippen molar-refractivity contribution in [2.45, 2.75) is 38.9 Å². The minimum absolute atomic E-state index is 0.0276. The molecule has 41 heavy (non-hydrogen) atoms. The lowest BCUT2D eigenvalue weighted by molar-refractivity contribution is -0.131. The first-order valence-corrected chi connectivity index (χ1v) is 14.3. The predicted octanol–water partition coefficient (Wildman–Crippen LogP) is 5.14. The van der Waals surface area contributed by atoms with Gasteiger partial charge in [0.05, 0.1) is 5.02 Å². The number of hydrogen-bond donors (Lipinski definition) is 1. The molecule has 3 aromatic carbocycles. The maximum atomic E-state index is 16.8. The lowest BCUT2D eigenvalue weighted by Crippen LogP contribution is -2.59. The number of carbonyl (C=O) groups excluding carboxylic acids is 1. The summed E-state index contributed by atoms with van der Waals surface area (Å²) in [7, 11) is 4.08. The summed E-state index contributed by atoms with van der Waals surface area (Å²) in [5.74, 6) is 0.576. The van der Waals surface area contributed by atoms with Crippen LogP contribution in [0, 0.1) is 5.82 Å². The fourth-order valence-electron chi connectivity index (χ4n) is 6.08. The summed E-state index contributed by atoms with van der Waals surface area (Å²) in [6.45, 7) is 8.21. The molecule has 3 heterocycles. The number of benzene rings is 3. The van der Waals surface area contributed by atoms with E-state index in [9.17, 15) is 9.90 Å². The van der Waals surface area contributed by atoms with Crippen LogP contribution in [-0.2, 0) is 4.79 Å². The minimum atomic E-state index is -0.555. The van der Waals surface area contributed by atoms with E-state index in [2.05, 4.69) is 14.7 Å².